The van der Waals surface area contributed by atoms with Crippen molar-refractivity contribution < 1.29 is 5.11 Å². The third-order valence-corrected chi connectivity index (χ3v) is 6.16. The van der Waals surface area contributed by atoms with Gasteiger partial charge in [0, 0.05) is 44.6 Å². The molecule has 3 aromatic rings. The van der Waals surface area contributed by atoms with Crippen LogP contribution in [0.15, 0.2) is 59.5 Å². The zero-order valence-electron chi connectivity index (χ0n) is 18.5. The van der Waals surface area contributed by atoms with Crippen LogP contribution in [0.5, 0.6) is 5.75 Å². The van der Waals surface area contributed by atoms with Gasteiger partial charge in [-0.1, -0.05) is 35.9 Å². The van der Waals surface area contributed by atoms with E-state index >= 15 is 0 Å². The number of hydrogen-bond acceptors (Lipinski definition) is 5. The molecular weight excluding hydrogens is 388 g/mol. The predicted octanol–water partition coefficient (Wildman–Crippen LogP) is 3.50. The third kappa shape index (κ3) is 4.21. The summed E-state index contributed by atoms with van der Waals surface area (Å²) in [4.78, 5) is 22.4. The van der Waals surface area contributed by atoms with Gasteiger partial charge in [0.05, 0.1) is 11.6 Å². The second kappa shape index (κ2) is 8.94. The van der Waals surface area contributed by atoms with Crippen molar-refractivity contribution in [2.45, 2.75) is 33.4 Å². The number of rotatable bonds is 5. The molecule has 2 aromatic heterocycles. The smallest absolute Gasteiger partial charge is 0.259 e. The summed E-state index contributed by atoms with van der Waals surface area (Å²) in [6.07, 6.45) is 1.81. The van der Waals surface area contributed by atoms with Crippen LogP contribution in [0.3, 0.4) is 0 Å². The minimum atomic E-state index is -0.294. The van der Waals surface area contributed by atoms with Crippen LogP contribution < -0.4 is 10.5 Å². The Morgan fingerprint density at radius 2 is 1.74 bits per heavy atom. The lowest BCUT2D eigenvalue weighted by atomic mass is 9.95. The summed E-state index contributed by atoms with van der Waals surface area (Å²) >= 11 is 0. The molecule has 1 aliphatic heterocycles. The van der Waals surface area contributed by atoms with Gasteiger partial charge in [0.2, 0.25) is 0 Å². The van der Waals surface area contributed by atoms with Crippen molar-refractivity contribution in [1.29, 1.82) is 0 Å². The van der Waals surface area contributed by atoms with Crippen LogP contribution >= 0.6 is 0 Å². The predicted molar refractivity (Wildman–Crippen MR) is 124 cm³/mol. The third-order valence-electron chi connectivity index (χ3n) is 6.16. The van der Waals surface area contributed by atoms with Gasteiger partial charge in [-0.05, 0) is 44.5 Å². The standard InChI is InChI=1S/C25H30N4O2/c1-4-29-19(3)17-21(30)23(25(29)31)24(20-10-8-18(2)9-11-20)28-15-13-27(14-16-28)22-7-5-6-12-26-22/h5-12,17,24,30H,4,13-16H2,1-3H3/t24-/m0/s1. The van der Waals surface area contributed by atoms with Crippen LogP contribution in [0, 0.1) is 13.8 Å². The van der Waals surface area contributed by atoms with E-state index in [9.17, 15) is 9.90 Å². The summed E-state index contributed by atoms with van der Waals surface area (Å²) in [5.41, 5.74) is 3.31. The lowest BCUT2D eigenvalue weighted by molar-refractivity contribution is 0.207. The number of aromatic hydroxyl groups is 1. The van der Waals surface area contributed by atoms with E-state index in [0.717, 1.165) is 43.3 Å². The molecule has 1 atom stereocenters. The minimum absolute atomic E-state index is 0.0740. The quantitative estimate of drug-likeness (QED) is 0.687. The molecule has 6 nitrogen and oxygen atoms in total. The highest BCUT2D eigenvalue weighted by Crippen LogP contribution is 2.33. The van der Waals surface area contributed by atoms with Crippen molar-refractivity contribution in [1.82, 2.24) is 14.5 Å². The highest BCUT2D eigenvalue weighted by molar-refractivity contribution is 5.43. The Bertz CT molecular complexity index is 1090. The molecule has 0 bridgehead atoms. The topological polar surface area (TPSA) is 61.6 Å². The van der Waals surface area contributed by atoms with Gasteiger partial charge in [-0.15, -0.1) is 0 Å². The average molecular weight is 419 g/mol. The average Bonchev–Trinajstić information content (AvgIpc) is 2.78. The summed E-state index contributed by atoms with van der Waals surface area (Å²) in [5, 5.41) is 10.9. The van der Waals surface area contributed by atoms with Crippen molar-refractivity contribution in [2.24, 2.45) is 0 Å². The first-order chi connectivity index (χ1) is 15.0. The van der Waals surface area contributed by atoms with Crippen molar-refractivity contribution in [2.75, 3.05) is 31.1 Å². The van der Waals surface area contributed by atoms with Crippen molar-refractivity contribution in [3.05, 3.63) is 87.5 Å². The molecule has 4 rings (SSSR count). The molecule has 1 aliphatic rings. The highest BCUT2D eigenvalue weighted by Gasteiger charge is 2.31. The summed E-state index contributed by atoms with van der Waals surface area (Å²) in [6.45, 7) is 9.62. The zero-order valence-corrected chi connectivity index (χ0v) is 18.5. The van der Waals surface area contributed by atoms with Crippen LogP contribution in [0.1, 0.15) is 35.3 Å². The largest absolute Gasteiger partial charge is 0.507 e. The molecule has 1 saturated heterocycles. The summed E-state index contributed by atoms with van der Waals surface area (Å²) in [6, 6.07) is 15.6. The molecule has 0 amide bonds. The van der Waals surface area contributed by atoms with E-state index in [-0.39, 0.29) is 17.4 Å². The maximum Gasteiger partial charge on any atom is 0.259 e. The van der Waals surface area contributed by atoms with E-state index in [1.807, 2.05) is 38.2 Å². The van der Waals surface area contributed by atoms with Gasteiger partial charge in [-0.3, -0.25) is 9.69 Å². The first-order valence-corrected chi connectivity index (χ1v) is 10.9. The molecule has 0 unspecified atom stereocenters. The van der Waals surface area contributed by atoms with Crippen LogP contribution in [0.25, 0.3) is 0 Å². The van der Waals surface area contributed by atoms with E-state index < -0.39 is 0 Å². The van der Waals surface area contributed by atoms with Crippen LogP contribution in [-0.4, -0.2) is 45.7 Å². The van der Waals surface area contributed by atoms with Crippen molar-refractivity contribution in [3.8, 4) is 5.75 Å². The summed E-state index contributed by atoms with van der Waals surface area (Å²) in [5.74, 6) is 1.05. The molecule has 0 aliphatic carbocycles. The number of aryl methyl sites for hydroxylation is 2. The molecule has 31 heavy (non-hydrogen) atoms. The first-order valence-electron chi connectivity index (χ1n) is 10.9. The summed E-state index contributed by atoms with van der Waals surface area (Å²) < 4.78 is 1.74. The number of piperazine rings is 1. The Morgan fingerprint density at radius 1 is 1.03 bits per heavy atom. The summed E-state index contributed by atoms with van der Waals surface area (Å²) in [7, 11) is 0. The second-order valence-corrected chi connectivity index (χ2v) is 8.16. The van der Waals surface area contributed by atoms with Crippen molar-refractivity contribution >= 4 is 5.82 Å². The Hall–Kier alpha value is -3.12. The second-order valence-electron chi connectivity index (χ2n) is 8.16. The lowest BCUT2D eigenvalue weighted by Crippen LogP contribution is -2.49. The number of nitrogens with zero attached hydrogens (tertiary/aromatic N) is 4. The van der Waals surface area contributed by atoms with Gasteiger partial charge in [0.1, 0.15) is 11.6 Å². The highest BCUT2D eigenvalue weighted by atomic mass is 16.3. The maximum atomic E-state index is 13.4. The van der Waals surface area contributed by atoms with Gasteiger partial charge in [-0.25, -0.2) is 4.98 Å². The van der Waals surface area contributed by atoms with Crippen LogP contribution in [0.2, 0.25) is 0 Å². The number of benzene rings is 1. The van der Waals surface area contributed by atoms with Gasteiger partial charge >= 0.3 is 0 Å². The molecule has 1 N–H and O–H groups in total. The molecule has 162 valence electrons. The molecule has 0 radical (unpaired) electrons. The molecular formula is C25H30N4O2. The number of anilines is 1. The molecule has 1 fully saturated rings. The number of hydrogen-bond donors (Lipinski definition) is 1. The van der Waals surface area contributed by atoms with Crippen molar-refractivity contribution in [3.63, 3.8) is 0 Å². The van der Waals surface area contributed by atoms with E-state index in [2.05, 4.69) is 46.0 Å². The fourth-order valence-corrected chi connectivity index (χ4v) is 4.48. The van der Waals surface area contributed by atoms with Gasteiger partial charge in [0.25, 0.3) is 5.56 Å². The molecule has 3 heterocycles. The normalized spacial score (nSPS) is 15.8. The number of aromatic nitrogens is 2. The maximum absolute atomic E-state index is 13.4. The number of pyridine rings is 2. The molecule has 0 spiro atoms. The fraction of sp³-hybridized carbons (Fsp3) is 0.360. The lowest BCUT2D eigenvalue weighted by Gasteiger charge is -2.40. The van der Waals surface area contributed by atoms with Crippen LogP contribution in [-0.2, 0) is 6.54 Å². The Balaban J connectivity index is 1.72. The molecule has 6 heteroatoms. The molecule has 1 aromatic carbocycles. The van der Waals surface area contributed by atoms with E-state index in [1.54, 1.807) is 10.6 Å². The van der Waals surface area contributed by atoms with E-state index in [4.69, 9.17) is 0 Å². The van der Waals surface area contributed by atoms with Gasteiger partial charge in [-0.2, -0.15) is 0 Å². The first kappa shape index (κ1) is 21.1. The molecule has 0 saturated carbocycles. The Morgan fingerprint density at radius 3 is 2.35 bits per heavy atom. The van der Waals surface area contributed by atoms with Gasteiger partial charge < -0.3 is 14.6 Å². The van der Waals surface area contributed by atoms with Crippen LogP contribution in [0.4, 0.5) is 5.82 Å². The Kier molecular flexibility index (Phi) is 6.09. The van der Waals surface area contributed by atoms with E-state index in [0.29, 0.717) is 12.1 Å². The monoisotopic (exact) mass is 418 g/mol. The fourth-order valence-electron chi connectivity index (χ4n) is 4.48. The SMILES string of the molecule is CCn1c(C)cc(O)c([C@H](c2ccc(C)cc2)N2CCN(c3ccccn3)CC2)c1=O. The zero-order chi connectivity index (χ0) is 22.0. The Labute approximate surface area is 183 Å². The van der Waals surface area contributed by atoms with Gasteiger partial charge in [0.15, 0.2) is 0 Å². The van der Waals surface area contributed by atoms with E-state index in [1.165, 1.54) is 5.56 Å². The minimum Gasteiger partial charge on any atom is -0.507 e.